The summed E-state index contributed by atoms with van der Waals surface area (Å²) >= 11 is 1.45. The van der Waals surface area contributed by atoms with Crippen molar-refractivity contribution >= 4 is 17.7 Å². The van der Waals surface area contributed by atoms with E-state index in [0.29, 0.717) is 11.8 Å². The van der Waals surface area contributed by atoms with E-state index in [0.717, 1.165) is 41.6 Å². The Kier molecular flexibility index (Phi) is 5.94. The molecule has 0 unspecified atom stereocenters. The highest BCUT2D eigenvalue weighted by Gasteiger charge is 2.24. The van der Waals surface area contributed by atoms with Gasteiger partial charge in [-0.2, -0.15) is 0 Å². The Hall–Kier alpha value is -2.67. The van der Waals surface area contributed by atoms with Crippen LogP contribution in [0.2, 0.25) is 0 Å². The molecule has 2 aromatic heterocycles. The Morgan fingerprint density at radius 2 is 1.86 bits per heavy atom. The van der Waals surface area contributed by atoms with Gasteiger partial charge >= 0.3 is 0 Å². The van der Waals surface area contributed by atoms with Gasteiger partial charge in [0.2, 0.25) is 5.91 Å². The van der Waals surface area contributed by atoms with Gasteiger partial charge in [-0.05, 0) is 57.4 Å². The van der Waals surface area contributed by atoms with Crippen LogP contribution in [0.1, 0.15) is 31.7 Å². The van der Waals surface area contributed by atoms with Crippen molar-refractivity contribution < 1.29 is 4.79 Å². The summed E-state index contributed by atoms with van der Waals surface area (Å²) in [6.45, 7) is 5.05. The lowest BCUT2D eigenvalue weighted by Gasteiger charge is -2.33. The second-order valence-corrected chi connectivity index (χ2v) is 8.38. The molecule has 3 aromatic rings. The number of thioether (sulfide) groups is 1. The summed E-state index contributed by atoms with van der Waals surface area (Å²) in [5, 5.41) is 9.56. The molecule has 7 heteroatoms. The van der Waals surface area contributed by atoms with E-state index < -0.39 is 0 Å². The van der Waals surface area contributed by atoms with Crippen molar-refractivity contribution in [1.29, 1.82) is 0 Å². The normalized spacial score (nSPS) is 16.8. The lowest BCUT2D eigenvalue weighted by molar-refractivity contribution is -0.131. The van der Waals surface area contributed by atoms with Crippen LogP contribution in [0.3, 0.4) is 0 Å². The zero-order chi connectivity index (χ0) is 20.2. The number of amides is 1. The molecular formula is C22H25N5OS. The maximum atomic E-state index is 12.8. The van der Waals surface area contributed by atoms with Crippen molar-refractivity contribution in [1.82, 2.24) is 24.6 Å². The number of carbonyl (C=O) groups excluding carboxylic acids is 1. The second kappa shape index (κ2) is 8.78. The average molecular weight is 408 g/mol. The minimum atomic E-state index is 0.172. The fourth-order valence-electron chi connectivity index (χ4n) is 3.66. The van der Waals surface area contributed by atoms with Crippen LogP contribution in [0.4, 0.5) is 0 Å². The topological polar surface area (TPSA) is 63.9 Å². The molecule has 1 aromatic carbocycles. The zero-order valence-corrected chi connectivity index (χ0v) is 17.6. The Bertz CT molecular complexity index is 971. The first-order valence-electron chi connectivity index (χ1n) is 9.98. The third-order valence-corrected chi connectivity index (χ3v) is 6.23. The summed E-state index contributed by atoms with van der Waals surface area (Å²) in [5.74, 6) is 1.29. The largest absolute Gasteiger partial charge is 0.339 e. The van der Waals surface area contributed by atoms with Gasteiger partial charge in [0.05, 0.1) is 5.75 Å². The van der Waals surface area contributed by atoms with E-state index in [4.69, 9.17) is 0 Å². The van der Waals surface area contributed by atoms with Crippen LogP contribution in [0.5, 0.6) is 0 Å². The number of hydrogen-bond donors (Lipinski definition) is 0. The highest BCUT2D eigenvalue weighted by Crippen LogP contribution is 2.28. The van der Waals surface area contributed by atoms with Crippen molar-refractivity contribution in [3.63, 3.8) is 0 Å². The van der Waals surface area contributed by atoms with E-state index >= 15 is 0 Å². The van der Waals surface area contributed by atoms with Gasteiger partial charge in [-0.1, -0.05) is 29.5 Å². The number of likely N-dealkylation sites (tertiary alicyclic amines) is 1. The van der Waals surface area contributed by atoms with Gasteiger partial charge < -0.3 is 4.90 Å². The number of piperidine rings is 1. The van der Waals surface area contributed by atoms with E-state index in [2.05, 4.69) is 53.3 Å². The van der Waals surface area contributed by atoms with E-state index in [1.54, 1.807) is 12.4 Å². The molecule has 0 aliphatic carbocycles. The molecule has 0 spiro atoms. The number of benzene rings is 1. The first-order chi connectivity index (χ1) is 14.1. The molecule has 1 aliphatic heterocycles. The third-order valence-electron chi connectivity index (χ3n) is 5.31. The fraction of sp³-hybridized carbons (Fsp3) is 0.364. The fourth-order valence-corrected chi connectivity index (χ4v) is 4.49. The summed E-state index contributed by atoms with van der Waals surface area (Å²) in [5.41, 5.74) is 3.11. The minimum absolute atomic E-state index is 0.172. The van der Waals surface area contributed by atoms with Crippen molar-refractivity contribution in [2.45, 2.75) is 44.3 Å². The number of hydrogen-bond acceptors (Lipinski definition) is 5. The first-order valence-corrected chi connectivity index (χ1v) is 11.0. The summed E-state index contributed by atoms with van der Waals surface area (Å²) in [6, 6.07) is 12.4. The highest BCUT2D eigenvalue weighted by atomic mass is 32.2. The van der Waals surface area contributed by atoms with E-state index in [1.165, 1.54) is 23.7 Å². The van der Waals surface area contributed by atoms with Crippen LogP contribution in [-0.4, -0.2) is 48.9 Å². The predicted molar refractivity (Wildman–Crippen MR) is 115 cm³/mol. The maximum absolute atomic E-state index is 12.8. The number of carbonyl (C=O) groups is 1. The van der Waals surface area contributed by atoms with E-state index in [9.17, 15) is 4.79 Å². The van der Waals surface area contributed by atoms with E-state index in [-0.39, 0.29) is 5.91 Å². The Labute approximate surface area is 175 Å². The molecule has 6 nitrogen and oxygen atoms in total. The van der Waals surface area contributed by atoms with Gasteiger partial charge in [-0.15, -0.1) is 10.2 Å². The van der Waals surface area contributed by atoms with Crippen molar-refractivity contribution in [3.8, 4) is 17.1 Å². The van der Waals surface area contributed by atoms with Gasteiger partial charge in [0, 0.05) is 36.2 Å². The number of nitrogens with zero attached hydrogens (tertiary/aromatic N) is 5. The monoisotopic (exact) mass is 407 g/mol. The summed E-state index contributed by atoms with van der Waals surface area (Å²) in [4.78, 5) is 18.9. The number of aromatic nitrogens is 4. The smallest absolute Gasteiger partial charge is 0.233 e. The van der Waals surface area contributed by atoms with E-state index in [1.807, 2.05) is 21.6 Å². The Morgan fingerprint density at radius 1 is 1.10 bits per heavy atom. The molecule has 3 heterocycles. The second-order valence-electron chi connectivity index (χ2n) is 7.43. The van der Waals surface area contributed by atoms with Gasteiger partial charge in [0.15, 0.2) is 11.0 Å². The minimum Gasteiger partial charge on any atom is -0.339 e. The molecule has 0 saturated carbocycles. The molecule has 1 amide bonds. The zero-order valence-electron chi connectivity index (χ0n) is 16.8. The SMILES string of the molecule is Cc1ccc(-n2c(SCC(=O)N3CCCC[C@H]3C)nnc2-c2ccncc2)cc1. The average Bonchev–Trinajstić information content (AvgIpc) is 3.17. The van der Waals surface area contributed by atoms with Crippen molar-refractivity contribution in [3.05, 3.63) is 54.4 Å². The number of aryl methyl sites for hydroxylation is 1. The van der Waals surface area contributed by atoms with Crippen LogP contribution in [-0.2, 0) is 4.79 Å². The molecule has 1 atom stereocenters. The van der Waals surface area contributed by atoms with Gasteiger partial charge in [0.25, 0.3) is 0 Å². The number of rotatable bonds is 5. The summed E-state index contributed by atoms with van der Waals surface area (Å²) in [6.07, 6.45) is 6.87. The molecule has 29 heavy (non-hydrogen) atoms. The van der Waals surface area contributed by atoms with Crippen molar-refractivity contribution in [2.75, 3.05) is 12.3 Å². The molecule has 4 rings (SSSR count). The van der Waals surface area contributed by atoms with Crippen LogP contribution in [0, 0.1) is 6.92 Å². The van der Waals surface area contributed by atoms with Crippen LogP contribution in [0.15, 0.2) is 53.9 Å². The molecule has 0 N–H and O–H groups in total. The van der Waals surface area contributed by atoms with Crippen LogP contribution < -0.4 is 0 Å². The quantitative estimate of drug-likeness (QED) is 0.595. The molecular weight excluding hydrogens is 382 g/mol. The predicted octanol–water partition coefficient (Wildman–Crippen LogP) is 4.13. The van der Waals surface area contributed by atoms with Crippen molar-refractivity contribution in [2.24, 2.45) is 0 Å². The summed E-state index contributed by atoms with van der Waals surface area (Å²) in [7, 11) is 0. The standard InChI is InChI=1S/C22H25N5OS/c1-16-6-8-19(9-7-16)27-21(18-10-12-23-13-11-18)24-25-22(27)29-15-20(28)26-14-4-3-5-17(26)2/h6-13,17H,3-5,14-15H2,1-2H3/t17-/m1/s1. The Balaban J connectivity index is 1.62. The maximum Gasteiger partial charge on any atom is 0.233 e. The molecule has 1 fully saturated rings. The van der Waals surface area contributed by atoms with Crippen LogP contribution in [0.25, 0.3) is 17.1 Å². The molecule has 0 radical (unpaired) electrons. The molecule has 0 bridgehead atoms. The van der Waals surface area contributed by atoms with Gasteiger partial charge in [0.1, 0.15) is 0 Å². The molecule has 1 saturated heterocycles. The highest BCUT2D eigenvalue weighted by molar-refractivity contribution is 7.99. The lowest BCUT2D eigenvalue weighted by Crippen LogP contribution is -2.42. The molecule has 1 aliphatic rings. The Morgan fingerprint density at radius 3 is 2.59 bits per heavy atom. The summed E-state index contributed by atoms with van der Waals surface area (Å²) < 4.78 is 2.02. The van der Waals surface area contributed by atoms with Gasteiger partial charge in [-0.25, -0.2) is 0 Å². The first kappa shape index (κ1) is 19.6. The van der Waals surface area contributed by atoms with Gasteiger partial charge in [-0.3, -0.25) is 14.3 Å². The lowest BCUT2D eigenvalue weighted by atomic mass is 10.0. The third kappa shape index (κ3) is 4.34. The van der Waals surface area contributed by atoms with Crippen LogP contribution >= 0.6 is 11.8 Å². The number of pyridine rings is 1. The molecule has 150 valence electrons.